The minimum atomic E-state index is 0.251. The largest absolute Gasteiger partial charge is 0.496 e. The lowest BCUT2D eigenvalue weighted by atomic mass is 9.88. The molecule has 0 heterocycles. The van der Waals surface area contributed by atoms with Crippen molar-refractivity contribution >= 4 is 15.9 Å². The van der Waals surface area contributed by atoms with Crippen LogP contribution in [0.1, 0.15) is 44.1 Å². The van der Waals surface area contributed by atoms with Crippen molar-refractivity contribution in [2.24, 2.45) is 11.7 Å². The summed E-state index contributed by atoms with van der Waals surface area (Å²) >= 11 is 3.53. The van der Waals surface area contributed by atoms with Gasteiger partial charge in [-0.05, 0) is 48.9 Å². The fraction of sp³-hybridized carbons (Fsp3) is 0.625. The quantitative estimate of drug-likeness (QED) is 0.838. The van der Waals surface area contributed by atoms with Crippen LogP contribution in [-0.2, 0) is 6.42 Å². The standard InChI is InChI=1S/C16H24BrNO/c1-19-16-9-8-14(17)10-13(16)11-15(18)12-6-4-2-3-5-7-12/h8-10,12,15H,2-7,11,18H2,1H3. The molecule has 1 atom stereocenters. The van der Waals surface area contributed by atoms with E-state index in [0.29, 0.717) is 5.92 Å². The van der Waals surface area contributed by atoms with E-state index in [1.54, 1.807) is 7.11 Å². The molecule has 1 saturated carbocycles. The normalized spacial score (nSPS) is 18.9. The summed E-state index contributed by atoms with van der Waals surface area (Å²) in [6, 6.07) is 6.41. The Balaban J connectivity index is 2.04. The fourth-order valence-electron chi connectivity index (χ4n) is 3.07. The molecule has 1 aromatic carbocycles. The first-order valence-electron chi connectivity index (χ1n) is 7.28. The van der Waals surface area contributed by atoms with Crippen molar-refractivity contribution in [3.05, 3.63) is 28.2 Å². The second-order valence-electron chi connectivity index (χ2n) is 5.58. The summed E-state index contributed by atoms with van der Waals surface area (Å²) in [6.45, 7) is 0. The summed E-state index contributed by atoms with van der Waals surface area (Å²) in [4.78, 5) is 0. The minimum absolute atomic E-state index is 0.251. The number of rotatable bonds is 4. The van der Waals surface area contributed by atoms with Crippen LogP contribution in [0.5, 0.6) is 5.75 Å². The van der Waals surface area contributed by atoms with Crippen molar-refractivity contribution in [3.63, 3.8) is 0 Å². The van der Waals surface area contributed by atoms with Crippen LogP contribution < -0.4 is 10.5 Å². The van der Waals surface area contributed by atoms with Crippen LogP contribution in [0, 0.1) is 5.92 Å². The van der Waals surface area contributed by atoms with E-state index in [4.69, 9.17) is 10.5 Å². The summed E-state index contributed by atoms with van der Waals surface area (Å²) in [6.07, 6.45) is 8.93. The van der Waals surface area contributed by atoms with Crippen molar-refractivity contribution in [2.45, 2.75) is 51.0 Å². The summed E-state index contributed by atoms with van der Waals surface area (Å²) in [5, 5.41) is 0. The van der Waals surface area contributed by atoms with Crippen molar-refractivity contribution in [3.8, 4) is 5.75 Å². The molecule has 1 aromatic rings. The molecule has 2 nitrogen and oxygen atoms in total. The minimum Gasteiger partial charge on any atom is -0.496 e. The zero-order valence-corrected chi connectivity index (χ0v) is 13.3. The third-order valence-corrected chi connectivity index (χ3v) is 4.70. The molecule has 1 aliphatic carbocycles. The molecule has 0 saturated heterocycles. The van der Waals surface area contributed by atoms with Crippen molar-refractivity contribution < 1.29 is 4.74 Å². The molecule has 0 aliphatic heterocycles. The van der Waals surface area contributed by atoms with Gasteiger partial charge in [0.25, 0.3) is 0 Å². The van der Waals surface area contributed by atoms with Gasteiger partial charge in [-0.15, -0.1) is 0 Å². The van der Waals surface area contributed by atoms with E-state index in [1.807, 2.05) is 12.1 Å². The maximum atomic E-state index is 6.45. The Hall–Kier alpha value is -0.540. The van der Waals surface area contributed by atoms with Gasteiger partial charge in [-0.25, -0.2) is 0 Å². The van der Waals surface area contributed by atoms with Crippen LogP contribution in [0.4, 0.5) is 0 Å². The first kappa shape index (κ1) is 14.9. The summed E-state index contributed by atoms with van der Waals surface area (Å²) in [5.74, 6) is 1.62. The monoisotopic (exact) mass is 325 g/mol. The lowest BCUT2D eigenvalue weighted by Gasteiger charge is -2.23. The lowest BCUT2D eigenvalue weighted by Crippen LogP contribution is -2.32. The molecule has 1 aliphatic rings. The SMILES string of the molecule is COc1ccc(Br)cc1CC(N)C1CCCCCC1. The van der Waals surface area contributed by atoms with Crippen LogP contribution in [0.15, 0.2) is 22.7 Å². The number of methoxy groups -OCH3 is 1. The number of hydrogen-bond donors (Lipinski definition) is 1. The van der Waals surface area contributed by atoms with E-state index in [1.165, 1.54) is 44.1 Å². The Labute approximate surface area is 124 Å². The topological polar surface area (TPSA) is 35.2 Å². The lowest BCUT2D eigenvalue weighted by molar-refractivity contribution is 0.363. The molecule has 3 heteroatoms. The molecule has 0 amide bonds. The van der Waals surface area contributed by atoms with Crippen LogP contribution in [0.25, 0.3) is 0 Å². The zero-order valence-electron chi connectivity index (χ0n) is 11.7. The molecule has 106 valence electrons. The number of ether oxygens (including phenoxy) is 1. The van der Waals surface area contributed by atoms with Gasteiger partial charge in [0.1, 0.15) is 5.75 Å². The number of halogens is 1. The van der Waals surface area contributed by atoms with Gasteiger partial charge in [-0.2, -0.15) is 0 Å². The molecule has 2 N–H and O–H groups in total. The zero-order chi connectivity index (χ0) is 13.7. The molecule has 0 radical (unpaired) electrons. The molecule has 0 aromatic heterocycles. The highest BCUT2D eigenvalue weighted by molar-refractivity contribution is 9.10. The molecule has 2 rings (SSSR count). The smallest absolute Gasteiger partial charge is 0.122 e. The Kier molecular flexibility index (Phi) is 5.71. The van der Waals surface area contributed by atoms with Gasteiger partial charge >= 0.3 is 0 Å². The molecular weight excluding hydrogens is 302 g/mol. The highest BCUT2D eigenvalue weighted by Gasteiger charge is 2.21. The van der Waals surface area contributed by atoms with Crippen molar-refractivity contribution in [1.29, 1.82) is 0 Å². The molecular formula is C16H24BrNO. The van der Waals surface area contributed by atoms with Crippen LogP contribution in [-0.4, -0.2) is 13.2 Å². The summed E-state index contributed by atoms with van der Waals surface area (Å²) in [5.41, 5.74) is 7.67. The Morgan fingerprint density at radius 1 is 1.26 bits per heavy atom. The van der Waals surface area contributed by atoms with E-state index in [0.717, 1.165) is 16.6 Å². The third kappa shape index (κ3) is 4.22. The van der Waals surface area contributed by atoms with Crippen molar-refractivity contribution in [1.82, 2.24) is 0 Å². The molecule has 0 bridgehead atoms. The van der Waals surface area contributed by atoms with Gasteiger partial charge in [0.05, 0.1) is 7.11 Å². The highest BCUT2D eigenvalue weighted by atomic mass is 79.9. The van der Waals surface area contributed by atoms with Crippen molar-refractivity contribution in [2.75, 3.05) is 7.11 Å². The molecule has 1 unspecified atom stereocenters. The van der Waals surface area contributed by atoms with Gasteiger partial charge in [-0.1, -0.05) is 41.6 Å². The molecule has 19 heavy (non-hydrogen) atoms. The average molecular weight is 326 g/mol. The first-order valence-corrected chi connectivity index (χ1v) is 8.08. The Morgan fingerprint density at radius 2 is 1.95 bits per heavy atom. The maximum absolute atomic E-state index is 6.45. The first-order chi connectivity index (χ1) is 9.20. The van der Waals surface area contributed by atoms with E-state index >= 15 is 0 Å². The van der Waals surface area contributed by atoms with Gasteiger partial charge in [0.2, 0.25) is 0 Å². The van der Waals surface area contributed by atoms with E-state index in [2.05, 4.69) is 22.0 Å². The second kappa shape index (κ2) is 7.30. The van der Waals surface area contributed by atoms with Gasteiger partial charge in [0, 0.05) is 10.5 Å². The predicted octanol–water partition coefficient (Wildman–Crippen LogP) is 4.30. The van der Waals surface area contributed by atoms with Gasteiger partial charge < -0.3 is 10.5 Å². The van der Waals surface area contributed by atoms with E-state index in [-0.39, 0.29) is 6.04 Å². The Bertz CT molecular complexity index is 400. The third-order valence-electron chi connectivity index (χ3n) is 4.20. The summed E-state index contributed by atoms with van der Waals surface area (Å²) in [7, 11) is 1.73. The molecule has 0 spiro atoms. The molecule has 1 fully saturated rings. The number of hydrogen-bond acceptors (Lipinski definition) is 2. The fourth-order valence-corrected chi connectivity index (χ4v) is 3.47. The second-order valence-corrected chi connectivity index (χ2v) is 6.49. The summed E-state index contributed by atoms with van der Waals surface area (Å²) < 4.78 is 6.53. The van der Waals surface area contributed by atoms with Gasteiger partial charge in [0.15, 0.2) is 0 Å². The van der Waals surface area contributed by atoms with Crippen LogP contribution in [0.3, 0.4) is 0 Å². The number of benzene rings is 1. The van der Waals surface area contributed by atoms with E-state index < -0.39 is 0 Å². The van der Waals surface area contributed by atoms with Crippen LogP contribution >= 0.6 is 15.9 Å². The van der Waals surface area contributed by atoms with E-state index in [9.17, 15) is 0 Å². The highest BCUT2D eigenvalue weighted by Crippen LogP contribution is 2.29. The number of nitrogens with two attached hydrogens (primary N) is 1. The van der Waals surface area contributed by atoms with Gasteiger partial charge in [-0.3, -0.25) is 0 Å². The maximum Gasteiger partial charge on any atom is 0.122 e. The Morgan fingerprint density at radius 3 is 2.58 bits per heavy atom. The average Bonchev–Trinajstić information content (AvgIpc) is 2.68. The van der Waals surface area contributed by atoms with Crippen LogP contribution in [0.2, 0.25) is 0 Å². The predicted molar refractivity (Wildman–Crippen MR) is 83.6 cm³/mol.